The number of benzene rings is 2. The molecule has 7 nitrogen and oxygen atoms in total. The van der Waals surface area contributed by atoms with Crippen molar-refractivity contribution in [3.63, 3.8) is 0 Å². The molecule has 1 aliphatic rings. The zero-order chi connectivity index (χ0) is 22.7. The molecule has 0 aliphatic carbocycles. The van der Waals surface area contributed by atoms with Gasteiger partial charge in [0.1, 0.15) is 11.9 Å². The molecule has 4 rings (SSSR count). The molecule has 0 radical (unpaired) electrons. The van der Waals surface area contributed by atoms with Crippen LogP contribution < -0.4 is 4.90 Å². The number of fused-ring (bicyclic) bond motifs is 1. The average Bonchev–Trinajstić information content (AvgIpc) is 2.82. The van der Waals surface area contributed by atoms with Gasteiger partial charge in [-0.2, -0.15) is 5.26 Å². The molecule has 1 amide bonds. The van der Waals surface area contributed by atoms with Crippen LogP contribution in [0.3, 0.4) is 0 Å². The number of nitriles is 1. The highest BCUT2D eigenvalue weighted by Crippen LogP contribution is 2.29. The predicted octanol–water partition coefficient (Wildman–Crippen LogP) is 3.22. The van der Waals surface area contributed by atoms with Crippen LogP contribution in [0, 0.1) is 17.2 Å². The van der Waals surface area contributed by atoms with Crippen molar-refractivity contribution in [1.29, 1.82) is 5.26 Å². The molecular weight excluding hydrogens is 402 g/mol. The molecule has 2 heterocycles. The number of hydrogen-bond acceptors (Lipinski definition) is 6. The van der Waals surface area contributed by atoms with E-state index in [1.807, 2.05) is 56.3 Å². The lowest BCUT2D eigenvalue weighted by Crippen LogP contribution is -2.52. The van der Waals surface area contributed by atoms with Gasteiger partial charge < -0.3 is 14.9 Å². The summed E-state index contributed by atoms with van der Waals surface area (Å²) in [6.07, 6.45) is -0.489. The molecule has 1 aliphatic heterocycles. The lowest BCUT2D eigenvalue weighted by molar-refractivity contribution is -0.141. The van der Waals surface area contributed by atoms with E-state index in [2.05, 4.69) is 11.0 Å². The van der Waals surface area contributed by atoms with Gasteiger partial charge in [-0.25, -0.2) is 9.97 Å². The Morgan fingerprint density at radius 1 is 1.09 bits per heavy atom. The SMILES string of the molecule is CC(C)C[C@@H](O)C(=O)N1CCN(c2nc(-c3ccccc3)nc3ccc(C#N)cc23)CC1. The molecule has 7 heteroatoms. The maximum Gasteiger partial charge on any atom is 0.251 e. The first-order chi connectivity index (χ1) is 15.5. The second-order valence-corrected chi connectivity index (χ2v) is 8.54. The van der Waals surface area contributed by atoms with Gasteiger partial charge in [-0.3, -0.25) is 4.79 Å². The van der Waals surface area contributed by atoms with Gasteiger partial charge in [-0.15, -0.1) is 0 Å². The molecule has 0 unspecified atom stereocenters. The van der Waals surface area contributed by atoms with Crippen molar-refractivity contribution < 1.29 is 9.90 Å². The normalized spacial score (nSPS) is 15.1. The summed E-state index contributed by atoms with van der Waals surface area (Å²) in [5.41, 5.74) is 2.25. The van der Waals surface area contributed by atoms with E-state index in [0.717, 1.165) is 22.3 Å². The fourth-order valence-corrected chi connectivity index (χ4v) is 4.04. The number of aromatic nitrogens is 2. The number of carbonyl (C=O) groups excluding carboxylic acids is 1. The predicted molar refractivity (Wildman–Crippen MR) is 124 cm³/mol. The Hall–Kier alpha value is -3.50. The van der Waals surface area contributed by atoms with Gasteiger partial charge in [-0.1, -0.05) is 44.2 Å². The van der Waals surface area contributed by atoms with Crippen LogP contribution in [0.2, 0.25) is 0 Å². The van der Waals surface area contributed by atoms with E-state index in [1.165, 1.54) is 0 Å². The summed E-state index contributed by atoms with van der Waals surface area (Å²) in [7, 11) is 0. The molecule has 3 aromatic rings. The summed E-state index contributed by atoms with van der Waals surface area (Å²) in [6, 6.07) is 17.4. The summed E-state index contributed by atoms with van der Waals surface area (Å²) in [5.74, 6) is 1.44. The number of carbonyl (C=O) groups is 1. The molecule has 0 spiro atoms. The molecule has 1 aromatic heterocycles. The van der Waals surface area contributed by atoms with Crippen LogP contribution >= 0.6 is 0 Å². The van der Waals surface area contributed by atoms with Crippen LogP contribution in [-0.2, 0) is 4.79 Å². The Bertz CT molecular complexity index is 1150. The van der Waals surface area contributed by atoms with Gasteiger partial charge in [0.25, 0.3) is 5.91 Å². The zero-order valence-electron chi connectivity index (χ0n) is 18.4. The fraction of sp³-hybridized carbons (Fsp3) is 0.360. The Kier molecular flexibility index (Phi) is 6.33. The van der Waals surface area contributed by atoms with Crippen molar-refractivity contribution in [2.75, 3.05) is 31.1 Å². The number of amides is 1. The van der Waals surface area contributed by atoms with Crippen molar-refractivity contribution in [2.24, 2.45) is 5.92 Å². The van der Waals surface area contributed by atoms with E-state index >= 15 is 0 Å². The maximum atomic E-state index is 12.6. The topological polar surface area (TPSA) is 93.3 Å². The molecule has 1 N–H and O–H groups in total. The van der Waals surface area contributed by atoms with Crippen LogP contribution in [0.15, 0.2) is 48.5 Å². The van der Waals surface area contributed by atoms with E-state index in [1.54, 1.807) is 11.0 Å². The minimum absolute atomic E-state index is 0.206. The van der Waals surface area contributed by atoms with Gasteiger partial charge in [0.05, 0.1) is 17.1 Å². The summed E-state index contributed by atoms with van der Waals surface area (Å²) in [4.78, 5) is 26.1. The summed E-state index contributed by atoms with van der Waals surface area (Å²) >= 11 is 0. The molecule has 1 saturated heterocycles. The highest BCUT2D eigenvalue weighted by molar-refractivity contribution is 5.92. The van der Waals surface area contributed by atoms with Crippen molar-refractivity contribution in [1.82, 2.24) is 14.9 Å². The zero-order valence-corrected chi connectivity index (χ0v) is 18.4. The number of aliphatic hydroxyl groups excluding tert-OH is 1. The third-order valence-corrected chi connectivity index (χ3v) is 5.71. The summed E-state index contributed by atoms with van der Waals surface area (Å²) < 4.78 is 0. The molecule has 32 heavy (non-hydrogen) atoms. The van der Waals surface area contributed by atoms with E-state index in [0.29, 0.717) is 44.0 Å². The monoisotopic (exact) mass is 429 g/mol. The lowest BCUT2D eigenvalue weighted by Gasteiger charge is -2.37. The first-order valence-corrected chi connectivity index (χ1v) is 11.0. The molecule has 164 valence electrons. The molecule has 2 aromatic carbocycles. The first-order valence-electron chi connectivity index (χ1n) is 11.0. The van der Waals surface area contributed by atoms with Crippen LogP contribution in [0.4, 0.5) is 5.82 Å². The molecule has 0 saturated carbocycles. The maximum absolute atomic E-state index is 12.6. The third-order valence-electron chi connectivity index (χ3n) is 5.71. The standard InChI is InChI=1S/C25H27N5O2/c1-17(2)14-22(31)25(32)30-12-10-29(11-13-30)24-20-15-18(16-26)8-9-21(20)27-23(28-24)19-6-4-3-5-7-19/h3-9,15,17,22,31H,10-14H2,1-2H3/t22-/m1/s1. The van der Waals surface area contributed by atoms with Crippen LogP contribution in [0.5, 0.6) is 0 Å². The van der Waals surface area contributed by atoms with Gasteiger partial charge in [-0.05, 0) is 30.5 Å². The average molecular weight is 430 g/mol. The van der Waals surface area contributed by atoms with Crippen LogP contribution in [0.25, 0.3) is 22.3 Å². The molecule has 1 fully saturated rings. The van der Waals surface area contributed by atoms with Gasteiger partial charge in [0.15, 0.2) is 5.82 Å². The van der Waals surface area contributed by atoms with Gasteiger partial charge >= 0.3 is 0 Å². The second-order valence-electron chi connectivity index (χ2n) is 8.54. The van der Waals surface area contributed by atoms with Crippen molar-refractivity contribution in [2.45, 2.75) is 26.4 Å². The Morgan fingerprint density at radius 2 is 1.81 bits per heavy atom. The van der Waals surface area contributed by atoms with Gasteiger partial charge in [0.2, 0.25) is 0 Å². The number of nitrogens with zero attached hydrogens (tertiary/aromatic N) is 5. The quantitative estimate of drug-likeness (QED) is 0.669. The summed E-state index contributed by atoms with van der Waals surface area (Å²) in [6.45, 7) is 6.20. The fourth-order valence-electron chi connectivity index (χ4n) is 4.04. The van der Waals surface area contributed by atoms with E-state index in [9.17, 15) is 15.2 Å². The number of hydrogen-bond donors (Lipinski definition) is 1. The highest BCUT2D eigenvalue weighted by Gasteiger charge is 2.28. The summed E-state index contributed by atoms with van der Waals surface area (Å²) in [5, 5.41) is 20.4. The second kappa shape index (κ2) is 9.33. The Morgan fingerprint density at radius 3 is 2.47 bits per heavy atom. The number of piperazine rings is 1. The number of anilines is 1. The number of aliphatic hydroxyl groups is 1. The molecule has 0 bridgehead atoms. The number of rotatable bonds is 5. The minimum atomic E-state index is -0.954. The van der Waals surface area contributed by atoms with Crippen molar-refractivity contribution in [3.05, 3.63) is 54.1 Å². The van der Waals surface area contributed by atoms with Crippen molar-refractivity contribution in [3.8, 4) is 17.5 Å². The van der Waals surface area contributed by atoms with Gasteiger partial charge in [0, 0.05) is 37.1 Å². The Balaban J connectivity index is 1.63. The van der Waals surface area contributed by atoms with Crippen molar-refractivity contribution >= 4 is 22.6 Å². The minimum Gasteiger partial charge on any atom is -0.383 e. The third kappa shape index (κ3) is 4.56. The van der Waals surface area contributed by atoms with E-state index in [4.69, 9.17) is 9.97 Å². The molecule has 1 atom stereocenters. The smallest absolute Gasteiger partial charge is 0.251 e. The van der Waals surface area contributed by atoms with Crippen LogP contribution in [0.1, 0.15) is 25.8 Å². The Labute approximate surface area is 187 Å². The highest BCUT2D eigenvalue weighted by atomic mass is 16.3. The first kappa shape index (κ1) is 21.7. The van der Waals surface area contributed by atoms with E-state index < -0.39 is 6.10 Å². The van der Waals surface area contributed by atoms with E-state index in [-0.39, 0.29) is 11.8 Å². The van der Waals surface area contributed by atoms with Crippen LogP contribution in [-0.4, -0.2) is 58.2 Å². The largest absolute Gasteiger partial charge is 0.383 e. The lowest BCUT2D eigenvalue weighted by atomic mass is 10.0. The molecular formula is C25H27N5O2.